The van der Waals surface area contributed by atoms with Crippen LogP contribution in [-0.2, 0) is 45.9 Å². The van der Waals surface area contributed by atoms with Crippen molar-refractivity contribution in [1.82, 2.24) is 24.7 Å². The second-order valence-electron chi connectivity index (χ2n) is 16.0. The molecule has 1 unspecified atom stereocenters. The molecule has 1 saturated heterocycles. The van der Waals surface area contributed by atoms with Crippen LogP contribution in [-0.4, -0.2) is 99.6 Å². The number of halogens is 5. The Hall–Kier alpha value is -4.30. The fourth-order valence-electron chi connectivity index (χ4n) is 7.95. The molecule has 1 atom stereocenters. The molecule has 3 heterocycles. The van der Waals surface area contributed by atoms with Gasteiger partial charge in [0.1, 0.15) is 10.7 Å². The fourth-order valence-corrected chi connectivity index (χ4v) is 10.9. The summed E-state index contributed by atoms with van der Waals surface area (Å²) in [7, 11) is -6.52. The second-order valence-corrected chi connectivity index (χ2v) is 20.5. The molecule has 0 radical (unpaired) electrons. The molecule has 2 N–H and O–H groups in total. The zero-order chi connectivity index (χ0) is 44.9. The number of nitrogens with one attached hydrogen (secondary N) is 2. The van der Waals surface area contributed by atoms with E-state index in [2.05, 4.69) is 41.9 Å². The van der Waals surface area contributed by atoms with Crippen molar-refractivity contribution in [3.63, 3.8) is 0 Å². The van der Waals surface area contributed by atoms with E-state index in [4.69, 9.17) is 11.6 Å². The van der Waals surface area contributed by atoms with Gasteiger partial charge in [0.2, 0.25) is 5.82 Å². The van der Waals surface area contributed by atoms with Crippen molar-refractivity contribution in [3.8, 4) is 11.1 Å². The number of anilines is 2. The summed E-state index contributed by atoms with van der Waals surface area (Å²) in [6.07, 6.45) is -2.78. The summed E-state index contributed by atoms with van der Waals surface area (Å²) >= 11 is 7.64. The van der Waals surface area contributed by atoms with Gasteiger partial charge in [0.25, 0.3) is 10.0 Å². The van der Waals surface area contributed by atoms with Crippen LogP contribution < -0.4 is 10.0 Å². The van der Waals surface area contributed by atoms with Crippen molar-refractivity contribution >= 4 is 55.1 Å². The number of aromatic nitrogens is 2. The number of nitrogens with zero attached hydrogens (tertiary/aromatic N) is 5. The molecule has 0 spiro atoms. The molecule has 1 fully saturated rings. The summed E-state index contributed by atoms with van der Waals surface area (Å²) in [5.74, 6) is -1.60. The van der Waals surface area contributed by atoms with Gasteiger partial charge in [-0.15, -0.1) is 15.6 Å². The summed E-state index contributed by atoms with van der Waals surface area (Å²) in [4.78, 5) is 13.3. The van der Waals surface area contributed by atoms with Crippen molar-refractivity contribution in [1.29, 1.82) is 0 Å². The van der Waals surface area contributed by atoms with E-state index < -0.39 is 47.9 Å². The minimum absolute atomic E-state index is 0.0435. The Bertz CT molecular complexity index is 2600. The number of hydrogen-bond donors (Lipinski definition) is 2. The van der Waals surface area contributed by atoms with Crippen molar-refractivity contribution in [2.24, 2.45) is 0 Å². The molecule has 1 aromatic heterocycles. The smallest absolute Gasteiger partial charge is 0.380 e. The van der Waals surface area contributed by atoms with E-state index in [-0.39, 0.29) is 42.0 Å². The number of hydrogen-bond acceptors (Lipinski definition) is 11. The summed E-state index contributed by atoms with van der Waals surface area (Å²) in [6.45, 7) is 3.33. The van der Waals surface area contributed by atoms with E-state index in [0.29, 0.717) is 36.4 Å². The quantitative estimate of drug-likeness (QED) is 0.0560. The number of likely N-dealkylation sites (tertiary alicyclic amines) is 1. The first-order valence-electron chi connectivity index (χ1n) is 20.4. The highest BCUT2D eigenvalue weighted by Gasteiger charge is 2.39. The molecule has 19 heteroatoms. The predicted octanol–water partition coefficient (Wildman–Crippen LogP) is 8.82. The number of sulfonamides is 1. The molecule has 63 heavy (non-hydrogen) atoms. The summed E-state index contributed by atoms with van der Waals surface area (Å²) < 4.78 is 113. The average Bonchev–Trinajstić information content (AvgIpc) is 3.24. The van der Waals surface area contributed by atoms with E-state index in [1.54, 1.807) is 0 Å². The van der Waals surface area contributed by atoms with Crippen LogP contribution in [0.15, 0.2) is 112 Å². The number of fused-ring (bicyclic) bond motifs is 1. The maximum absolute atomic E-state index is 14.9. The molecule has 0 bridgehead atoms. The Kier molecular flexibility index (Phi) is 14.7. The first-order chi connectivity index (χ1) is 29.9. The lowest BCUT2D eigenvalue weighted by molar-refractivity contribution is -0.145. The largest absolute Gasteiger partial charge is 0.451 e. The minimum atomic E-state index is -5.48. The van der Waals surface area contributed by atoms with Crippen molar-refractivity contribution in [3.05, 3.63) is 125 Å². The van der Waals surface area contributed by atoms with Gasteiger partial charge in [-0.1, -0.05) is 66.2 Å². The predicted molar refractivity (Wildman–Crippen MR) is 240 cm³/mol. The van der Waals surface area contributed by atoms with Crippen LogP contribution in [0, 0.1) is 0 Å². The zero-order valence-electron chi connectivity index (χ0n) is 34.7. The number of piperidine rings is 1. The highest BCUT2D eigenvalue weighted by Crippen LogP contribution is 2.36. The fraction of sp³-hybridized carbons (Fsp3) is 0.364. The van der Waals surface area contributed by atoms with Gasteiger partial charge < -0.3 is 10.2 Å². The monoisotopic (exact) mass is 945 g/mol. The Morgan fingerprint density at radius 3 is 2.29 bits per heavy atom. The number of thioether (sulfide) groups is 1. The van der Waals surface area contributed by atoms with E-state index >= 15 is 0 Å². The third-order valence-corrected chi connectivity index (χ3v) is 14.9. The standard InChI is InChI=1S/C44H48ClF4N7O4S3/c1-54(2)22-18-33(29-61-35-9-4-3-5-10-35)50-39-17-16-36(26-41(39)62(49,57)58)63(59,60)53-42-38-21-25-56(28-40(38)51-43(52-42)44(46,47)48)34-19-23-55(24-20-34)27-31-8-6-7-11-37(31)30-12-14-32(45)15-13-30/h3-17,26,33-34,50H,18-25,27-29H2,1-2H3,(H,51,52,53). The molecule has 0 aliphatic carbocycles. The van der Waals surface area contributed by atoms with Crippen LogP contribution in [0.25, 0.3) is 11.1 Å². The molecule has 0 saturated carbocycles. The van der Waals surface area contributed by atoms with Crippen LogP contribution in [0.2, 0.25) is 5.02 Å². The van der Waals surface area contributed by atoms with E-state index in [9.17, 15) is 33.9 Å². The average molecular weight is 947 g/mol. The number of rotatable bonds is 16. The highest BCUT2D eigenvalue weighted by atomic mass is 35.5. The van der Waals surface area contributed by atoms with Crippen LogP contribution in [0.3, 0.4) is 0 Å². The second kappa shape index (κ2) is 19.8. The van der Waals surface area contributed by atoms with Crippen molar-refractivity contribution in [2.45, 2.75) is 71.7 Å². The van der Waals surface area contributed by atoms with Gasteiger partial charge >= 0.3 is 16.4 Å². The molecule has 5 aromatic rings. The topological polar surface area (TPSA) is 128 Å². The van der Waals surface area contributed by atoms with Gasteiger partial charge in [0.15, 0.2) is 0 Å². The van der Waals surface area contributed by atoms with Crippen LogP contribution in [0.1, 0.15) is 41.9 Å². The molecule has 11 nitrogen and oxygen atoms in total. The SMILES string of the molecule is CN(C)CCC(CSc1ccccc1)Nc1ccc(S(=O)(=O)Nc2nc(C(F)(F)F)nc3c2CCN(C2CCN(Cc4ccccc4-c4ccc(Cl)cc4)CC2)C3)cc1S(=O)(=O)F. The van der Waals surface area contributed by atoms with Crippen molar-refractivity contribution < 1.29 is 33.9 Å². The first-order valence-corrected chi connectivity index (χ1v) is 24.6. The molecule has 4 aromatic carbocycles. The normalized spacial score (nSPS) is 16.2. The van der Waals surface area contributed by atoms with Crippen LogP contribution >= 0.6 is 23.4 Å². The first kappa shape index (κ1) is 46.7. The lowest BCUT2D eigenvalue weighted by Crippen LogP contribution is -2.46. The van der Waals surface area contributed by atoms with Gasteiger partial charge in [-0.05, 0) is 119 Å². The third-order valence-electron chi connectivity index (χ3n) is 11.2. The Balaban J connectivity index is 1.07. The molecule has 336 valence electrons. The molecular formula is C44H48ClF4N7O4S3. The maximum Gasteiger partial charge on any atom is 0.451 e. The highest BCUT2D eigenvalue weighted by molar-refractivity contribution is 7.99. The molecule has 0 amide bonds. The lowest BCUT2D eigenvalue weighted by Gasteiger charge is -2.40. The van der Waals surface area contributed by atoms with Crippen LogP contribution in [0.5, 0.6) is 0 Å². The minimum Gasteiger partial charge on any atom is -0.380 e. The van der Waals surface area contributed by atoms with E-state index in [1.807, 2.05) is 85.7 Å². The van der Waals surface area contributed by atoms with Crippen molar-refractivity contribution in [2.75, 3.05) is 56.1 Å². The lowest BCUT2D eigenvalue weighted by atomic mass is 9.96. The third kappa shape index (κ3) is 12.1. The maximum atomic E-state index is 14.9. The van der Waals surface area contributed by atoms with Gasteiger partial charge in [-0.2, -0.15) is 21.6 Å². The summed E-state index contributed by atoms with van der Waals surface area (Å²) in [5, 5.41) is 3.75. The number of alkyl halides is 3. The van der Waals surface area contributed by atoms with Crippen LogP contribution in [0.4, 0.5) is 28.6 Å². The summed E-state index contributed by atoms with van der Waals surface area (Å²) in [5.41, 5.74) is 3.45. The Morgan fingerprint density at radius 2 is 1.60 bits per heavy atom. The van der Waals surface area contributed by atoms with Gasteiger partial charge in [0, 0.05) is 53.0 Å². The zero-order valence-corrected chi connectivity index (χ0v) is 37.9. The Labute approximate surface area is 375 Å². The Morgan fingerprint density at radius 1 is 0.905 bits per heavy atom. The van der Waals surface area contributed by atoms with Gasteiger partial charge in [-0.25, -0.2) is 18.4 Å². The molecule has 2 aliphatic heterocycles. The van der Waals surface area contributed by atoms with Gasteiger partial charge in [0.05, 0.1) is 16.3 Å². The summed E-state index contributed by atoms with van der Waals surface area (Å²) in [6, 6.07) is 28.0. The number of benzene rings is 4. The molecule has 2 aliphatic rings. The van der Waals surface area contributed by atoms with E-state index in [1.165, 1.54) is 17.3 Å². The van der Waals surface area contributed by atoms with E-state index in [0.717, 1.165) is 60.6 Å². The van der Waals surface area contributed by atoms with Gasteiger partial charge in [-0.3, -0.25) is 14.5 Å². The molecule has 7 rings (SSSR count). The molecular weight excluding hydrogens is 898 g/mol.